The van der Waals surface area contributed by atoms with Crippen molar-refractivity contribution in [3.8, 4) is 0 Å². The Morgan fingerprint density at radius 1 is 1.41 bits per heavy atom. The molecule has 1 saturated carbocycles. The second-order valence-corrected chi connectivity index (χ2v) is 6.07. The van der Waals surface area contributed by atoms with Gasteiger partial charge in [0.25, 0.3) is 0 Å². The summed E-state index contributed by atoms with van der Waals surface area (Å²) >= 11 is 5.08. The number of nitrogens with zero attached hydrogens (tertiary/aromatic N) is 1. The highest BCUT2D eigenvalue weighted by Crippen LogP contribution is 2.43. The molecule has 1 saturated heterocycles. The first-order valence-electron chi connectivity index (χ1n) is 6.11. The molecule has 0 aromatic rings. The molecular weight excluding hydrogens is 236 g/mol. The molecule has 0 aromatic carbocycles. The van der Waals surface area contributed by atoms with E-state index in [9.17, 15) is 4.79 Å². The van der Waals surface area contributed by atoms with Gasteiger partial charge in [-0.25, -0.2) is 0 Å². The lowest BCUT2D eigenvalue weighted by Crippen LogP contribution is -2.59. The van der Waals surface area contributed by atoms with E-state index >= 15 is 0 Å². The maximum absolute atomic E-state index is 12.5. The first kappa shape index (κ1) is 12.8. The monoisotopic (exact) mass is 256 g/mol. The predicted molar refractivity (Wildman–Crippen MR) is 69.7 cm³/mol. The van der Waals surface area contributed by atoms with Gasteiger partial charge >= 0.3 is 0 Å². The van der Waals surface area contributed by atoms with E-state index in [2.05, 4.69) is 0 Å². The van der Waals surface area contributed by atoms with Crippen LogP contribution in [0.1, 0.15) is 33.1 Å². The first-order valence-corrected chi connectivity index (χ1v) is 6.51. The summed E-state index contributed by atoms with van der Waals surface area (Å²) in [6, 6.07) is 0. The zero-order valence-electron chi connectivity index (χ0n) is 10.5. The molecular formula is C12H20N2O2S. The number of morpholine rings is 1. The predicted octanol–water partition coefficient (Wildman–Crippen LogP) is 1.08. The number of nitrogens with two attached hydrogens (primary N) is 1. The number of thiocarbonyl (C=S) groups is 1. The molecule has 1 aliphatic heterocycles. The number of amides is 1. The lowest BCUT2D eigenvalue weighted by molar-refractivity contribution is -0.156. The van der Waals surface area contributed by atoms with Crippen LogP contribution >= 0.6 is 12.2 Å². The molecule has 1 amide bonds. The Morgan fingerprint density at radius 2 is 2.06 bits per heavy atom. The van der Waals surface area contributed by atoms with Crippen molar-refractivity contribution < 1.29 is 9.53 Å². The highest BCUT2D eigenvalue weighted by atomic mass is 32.1. The number of carbonyl (C=O) groups excluding carboxylic acids is 1. The normalized spacial score (nSPS) is 26.1. The number of carbonyl (C=O) groups is 1. The molecule has 2 N–H and O–H groups in total. The standard InChI is InChI=1S/C12H20N2O2S/c1-11(2)8-14(6-7-16-11)10(15)12(9(13)17)4-3-5-12/h3-8H2,1-2H3,(H2,13,17). The zero-order valence-corrected chi connectivity index (χ0v) is 11.3. The van der Waals surface area contributed by atoms with Crippen LogP contribution in [0.5, 0.6) is 0 Å². The van der Waals surface area contributed by atoms with Crippen LogP contribution in [0.4, 0.5) is 0 Å². The van der Waals surface area contributed by atoms with Gasteiger partial charge in [0, 0.05) is 13.1 Å². The summed E-state index contributed by atoms with van der Waals surface area (Å²) in [6.45, 7) is 5.86. The Labute approximate surface area is 107 Å². The molecule has 1 aliphatic carbocycles. The van der Waals surface area contributed by atoms with Crippen LogP contribution in [0.15, 0.2) is 0 Å². The van der Waals surface area contributed by atoms with Crippen LogP contribution in [0, 0.1) is 5.41 Å². The summed E-state index contributed by atoms with van der Waals surface area (Å²) in [6.07, 6.45) is 2.65. The van der Waals surface area contributed by atoms with Gasteiger partial charge in [0.15, 0.2) is 0 Å². The summed E-state index contributed by atoms with van der Waals surface area (Å²) in [5, 5.41) is 0. The third kappa shape index (κ3) is 2.18. The highest BCUT2D eigenvalue weighted by Gasteiger charge is 2.50. The number of rotatable bonds is 2. The van der Waals surface area contributed by atoms with Crippen LogP contribution in [0.2, 0.25) is 0 Å². The van der Waals surface area contributed by atoms with Crippen molar-refractivity contribution in [1.29, 1.82) is 0 Å². The Morgan fingerprint density at radius 3 is 2.47 bits per heavy atom. The van der Waals surface area contributed by atoms with E-state index in [1.165, 1.54) is 0 Å². The third-order valence-electron chi connectivity index (χ3n) is 3.80. The van der Waals surface area contributed by atoms with Gasteiger partial charge in [-0.1, -0.05) is 18.6 Å². The van der Waals surface area contributed by atoms with E-state index < -0.39 is 5.41 Å². The SMILES string of the molecule is CC1(C)CN(C(=O)C2(C(N)=S)CCC2)CCO1. The average Bonchev–Trinajstić information content (AvgIpc) is 2.13. The first-order chi connectivity index (χ1) is 7.87. The lowest BCUT2D eigenvalue weighted by Gasteiger charge is -2.46. The molecule has 2 aliphatic rings. The van der Waals surface area contributed by atoms with Crippen molar-refractivity contribution in [2.75, 3.05) is 19.7 Å². The quantitative estimate of drug-likeness (QED) is 0.751. The molecule has 0 spiro atoms. The van der Waals surface area contributed by atoms with Crippen molar-refractivity contribution in [2.24, 2.45) is 11.1 Å². The molecule has 0 bridgehead atoms. The Hall–Kier alpha value is -0.680. The number of hydrogen-bond donors (Lipinski definition) is 1. The van der Waals surface area contributed by atoms with E-state index in [0.29, 0.717) is 24.7 Å². The smallest absolute Gasteiger partial charge is 0.235 e. The molecule has 4 nitrogen and oxygen atoms in total. The molecule has 0 aromatic heterocycles. The molecule has 0 radical (unpaired) electrons. The Kier molecular flexibility index (Phi) is 3.16. The minimum atomic E-state index is -0.553. The fourth-order valence-electron chi connectivity index (χ4n) is 2.59. The fraction of sp³-hybridized carbons (Fsp3) is 0.833. The summed E-state index contributed by atoms with van der Waals surface area (Å²) in [4.78, 5) is 14.8. The van der Waals surface area contributed by atoms with Crippen molar-refractivity contribution in [2.45, 2.75) is 38.7 Å². The summed E-state index contributed by atoms with van der Waals surface area (Å²) in [5.74, 6) is 0.104. The summed E-state index contributed by atoms with van der Waals surface area (Å²) < 4.78 is 5.61. The van der Waals surface area contributed by atoms with E-state index in [4.69, 9.17) is 22.7 Å². The van der Waals surface area contributed by atoms with Crippen molar-refractivity contribution in [3.63, 3.8) is 0 Å². The van der Waals surface area contributed by atoms with Gasteiger partial charge in [-0.3, -0.25) is 4.79 Å². The van der Waals surface area contributed by atoms with E-state index in [0.717, 1.165) is 19.3 Å². The van der Waals surface area contributed by atoms with Gasteiger partial charge in [0.1, 0.15) is 0 Å². The lowest BCUT2D eigenvalue weighted by atomic mass is 9.67. The average molecular weight is 256 g/mol. The minimum Gasteiger partial charge on any atom is -0.392 e. The largest absolute Gasteiger partial charge is 0.392 e. The van der Waals surface area contributed by atoms with Gasteiger partial charge in [-0.2, -0.15) is 0 Å². The molecule has 2 rings (SSSR count). The fourth-order valence-corrected chi connectivity index (χ4v) is 2.88. The van der Waals surface area contributed by atoms with Crippen LogP contribution in [0.25, 0.3) is 0 Å². The van der Waals surface area contributed by atoms with Gasteiger partial charge in [0.05, 0.1) is 22.6 Å². The summed E-state index contributed by atoms with van der Waals surface area (Å²) in [7, 11) is 0. The second-order valence-electron chi connectivity index (χ2n) is 5.63. The molecule has 17 heavy (non-hydrogen) atoms. The molecule has 0 unspecified atom stereocenters. The number of hydrogen-bond acceptors (Lipinski definition) is 3. The maximum atomic E-state index is 12.5. The van der Waals surface area contributed by atoms with Crippen LogP contribution in [0.3, 0.4) is 0 Å². The second kappa shape index (κ2) is 4.21. The minimum absolute atomic E-state index is 0.104. The zero-order chi connectivity index (χ0) is 12.7. The Bertz CT molecular complexity index is 350. The topological polar surface area (TPSA) is 55.6 Å². The van der Waals surface area contributed by atoms with Gasteiger partial charge in [-0.05, 0) is 26.7 Å². The molecule has 1 heterocycles. The molecule has 96 valence electrons. The van der Waals surface area contributed by atoms with E-state index in [-0.39, 0.29) is 11.5 Å². The maximum Gasteiger partial charge on any atom is 0.235 e. The van der Waals surface area contributed by atoms with Crippen LogP contribution in [-0.2, 0) is 9.53 Å². The van der Waals surface area contributed by atoms with E-state index in [1.807, 2.05) is 18.7 Å². The van der Waals surface area contributed by atoms with Crippen LogP contribution < -0.4 is 5.73 Å². The molecule has 5 heteroatoms. The van der Waals surface area contributed by atoms with Crippen molar-refractivity contribution >= 4 is 23.1 Å². The third-order valence-corrected chi connectivity index (χ3v) is 4.19. The van der Waals surface area contributed by atoms with E-state index in [1.54, 1.807) is 0 Å². The summed E-state index contributed by atoms with van der Waals surface area (Å²) in [5.41, 5.74) is 4.94. The Balaban J connectivity index is 2.12. The van der Waals surface area contributed by atoms with Crippen LogP contribution in [-0.4, -0.2) is 41.1 Å². The van der Waals surface area contributed by atoms with Crippen molar-refractivity contribution in [1.82, 2.24) is 4.90 Å². The van der Waals surface area contributed by atoms with Gasteiger partial charge < -0.3 is 15.4 Å². The molecule has 0 atom stereocenters. The molecule has 2 fully saturated rings. The van der Waals surface area contributed by atoms with Gasteiger partial charge in [0.2, 0.25) is 5.91 Å². The van der Waals surface area contributed by atoms with Gasteiger partial charge in [-0.15, -0.1) is 0 Å². The number of ether oxygens (including phenoxy) is 1. The highest BCUT2D eigenvalue weighted by molar-refractivity contribution is 7.80. The van der Waals surface area contributed by atoms with Crippen molar-refractivity contribution in [3.05, 3.63) is 0 Å².